The molecule has 5 nitrogen and oxygen atoms in total. The minimum Gasteiger partial charge on any atom is -0.381 e. The van der Waals surface area contributed by atoms with Crippen LogP contribution in [0.15, 0.2) is 0 Å². The summed E-state index contributed by atoms with van der Waals surface area (Å²) in [6, 6.07) is 0. The zero-order chi connectivity index (χ0) is 23.5. The lowest BCUT2D eigenvalue weighted by molar-refractivity contribution is -0.123. The highest BCUT2D eigenvalue weighted by atomic mass is 16.5. The van der Waals surface area contributed by atoms with Crippen molar-refractivity contribution >= 4 is 11.8 Å². The Kier molecular flexibility index (Phi) is 25.3. The van der Waals surface area contributed by atoms with E-state index in [0.29, 0.717) is 25.9 Å². The van der Waals surface area contributed by atoms with E-state index in [-0.39, 0.29) is 11.8 Å². The Hall–Kier alpha value is -1.10. The Morgan fingerprint density at radius 1 is 0.500 bits per heavy atom. The summed E-state index contributed by atoms with van der Waals surface area (Å²) in [4.78, 5) is 23.6. The van der Waals surface area contributed by atoms with Crippen LogP contribution in [0.25, 0.3) is 0 Å². The van der Waals surface area contributed by atoms with Gasteiger partial charge in [-0.2, -0.15) is 0 Å². The van der Waals surface area contributed by atoms with Gasteiger partial charge in [0.15, 0.2) is 0 Å². The van der Waals surface area contributed by atoms with Crippen molar-refractivity contribution in [1.29, 1.82) is 0 Å². The van der Waals surface area contributed by atoms with E-state index in [2.05, 4.69) is 24.5 Å². The van der Waals surface area contributed by atoms with E-state index in [9.17, 15) is 9.59 Å². The van der Waals surface area contributed by atoms with Crippen molar-refractivity contribution in [2.45, 2.75) is 136 Å². The predicted molar refractivity (Wildman–Crippen MR) is 136 cm³/mol. The van der Waals surface area contributed by atoms with Gasteiger partial charge in [-0.25, -0.2) is 0 Å². The molecule has 0 saturated heterocycles. The Balaban J connectivity index is 3.26. The van der Waals surface area contributed by atoms with E-state index < -0.39 is 0 Å². The summed E-state index contributed by atoms with van der Waals surface area (Å²) < 4.78 is 5.70. The first-order chi connectivity index (χ1) is 15.7. The quantitative estimate of drug-likeness (QED) is 0.151. The monoisotopic (exact) mass is 454 g/mol. The maximum absolute atomic E-state index is 11.9. The van der Waals surface area contributed by atoms with Crippen LogP contribution in [0.1, 0.15) is 136 Å². The average molecular weight is 455 g/mol. The van der Waals surface area contributed by atoms with Gasteiger partial charge in [-0.3, -0.25) is 9.59 Å². The highest BCUT2D eigenvalue weighted by Gasteiger charge is 2.03. The molecule has 0 bridgehead atoms. The second-order valence-corrected chi connectivity index (χ2v) is 9.12. The SMILES string of the molecule is CCCCCCCCOCCCCCCCC(=O)NCCNC(=O)CCCCCCCC. The molecule has 0 aliphatic rings. The lowest BCUT2D eigenvalue weighted by atomic mass is 10.1. The molecule has 0 fully saturated rings. The molecule has 0 saturated carbocycles. The van der Waals surface area contributed by atoms with E-state index in [1.54, 1.807) is 0 Å². The maximum Gasteiger partial charge on any atom is 0.220 e. The van der Waals surface area contributed by atoms with Gasteiger partial charge in [-0.05, 0) is 25.7 Å². The van der Waals surface area contributed by atoms with Gasteiger partial charge in [-0.1, -0.05) is 97.3 Å². The highest BCUT2D eigenvalue weighted by molar-refractivity contribution is 5.77. The van der Waals surface area contributed by atoms with Crippen molar-refractivity contribution in [3.63, 3.8) is 0 Å². The lowest BCUT2D eigenvalue weighted by Gasteiger charge is -2.07. The summed E-state index contributed by atoms with van der Waals surface area (Å²) in [6.07, 6.45) is 21.7. The summed E-state index contributed by atoms with van der Waals surface area (Å²) in [6.45, 7) is 7.30. The smallest absolute Gasteiger partial charge is 0.220 e. The van der Waals surface area contributed by atoms with E-state index in [4.69, 9.17) is 4.74 Å². The highest BCUT2D eigenvalue weighted by Crippen LogP contribution is 2.08. The molecule has 0 rings (SSSR count). The van der Waals surface area contributed by atoms with E-state index in [0.717, 1.165) is 45.3 Å². The van der Waals surface area contributed by atoms with Gasteiger partial charge in [0.1, 0.15) is 0 Å². The second-order valence-electron chi connectivity index (χ2n) is 9.12. The number of carbonyl (C=O) groups excluding carboxylic acids is 2. The van der Waals surface area contributed by atoms with Crippen molar-refractivity contribution in [3.05, 3.63) is 0 Å². The fraction of sp³-hybridized carbons (Fsp3) is 0.926. The van der Waals surface area contributed by atoms with Crippen molar-refractivity contribution in [1.82, 2.24) is 10.6 Å². The van der Waals surface area contributed by atoms with E-state index >= 15 is 0 Å². The molecular formula is C27H54N2O3. The predicted octanol–water partition coefficient (Wildman–Crippen LogP) is 6.69. The topological polar surface area (TPSA) is 67.4 Å². The van der Waals surface area contributed by atoms with Crippen LogP contribution < -0.4 is 10.6 Å². The Morgan fingerprint density at radius 2 is 0.844 bits per heavy atom. The Labute approximate surface area is 199 Å². The van der Waals surface area contributed by atoms with Gasteiger partial charge in [0.25, 0.3) is 0 Å². The second kappa shape index (κ2) is 26.2. The van der Waals surface area contributed by atoms with Gasteiger partial charge in [0.2, 0.25) is 11.8 Å². The number of hydrogen-bond donors (Lipinski definition) is 2. The number of rotatable bonds is 25. The van der Waals surface area contributed by atoms with Crippen LogP contribution in [0, 0.1) is 0 Å². The summed E-state index contributed by atoms with van der Waals surface area (Å²) >= 11 is 0. The van der Waals surface area contributed by atoms with Crippen LogP contribution in [0.3, 0.4) is 0 Å². The Bertz CT molecular complexity index is 416. The largest absolute Gasteiger partial charge is 0.381 e. The van der Waals surface area contributed by atoms with Crippen molar-refractivity contribution in [3.8, 4) is 0 Å². The van der Waals surface area contributed by atoms with Crippen LogP contribution in [0.2, 0.25) is 0 Å². The third-order valence-corrected chi connectivity index (χ3v) is 5.86. The molecule has 5 heteroatoms. The van der Waals surface area contributed by atoms with Crippen LogP contribution >= 0.6 is 0 Å². The summed E-state index contributed by atoms with van der Waals surface area (Å²) in [5.74, 6) is 0.197. The number of unbranched alkanes of at least 4 members (excludes halogenated alkanes) is 14. The standard InChI is InChI=1S/C27H54N2O3/c1-3-5-7-9-12-16-20-26(30)28-22-23-29-27(31)21-17-13-11-15-19-25-32-24-18-14-10-8-6-4-2/h3-25H2,1-2H3,(H,28,30)(H,29,31). The molecule has 0 aromatic heterocycles. The molecule has 0 aromatic rings. The van der Waals surface area contributed by atoms with Crippen molar-refractivity contribution < 1.29 is 14.3 Å². The normalized spacial score (nSPS) is 10.9. The fourth-order valence-electron chi connectivity index (χ4n) is 3.75. The first-order valence-corrected chi connectivity index (χ1v) is 13.8. The molecule has 0 aliphatic carbocycles. The minimum atomic E-state index is 0.0949. The molecule has 190 valence electrons. The molecule has 0 heterocycles. The Morgan fingerprint density at radius 3 is 1.25 bits per heavy atom. The molecule has 0 atom stereocenters. The number of nitrogens with one attached hydrogen (secondary N) is 2. The van der Waals surface area contributed by atoms with E-state index in [1.807, 2.05) is 0 Å². The zero-order valence-electron chi connectivity index (χ0n) is 21.5. The average Bonchev–Trinajstić information content (AvgIpc) is 2.79. The molecule has 32 heavy (non-hydrogen) atoms. The van der Waals surface area contributed by atoms with Gasteiger partial charge in [0, 0.05) is 39.1 Å². The number of carbonyl (C=O) groups is 2. The third-order valence-electron chi connectivity index (χ3n) is 5.86. The van der Waals surface area contributed by atoms with E-state index in [1.165, 1.54) is 77.0 Å². The summed E-state index contributed by atoms with van der Waals surface area (Å²) in [5.41, 5.74) is 0. The van der Waals surface area contributed by atoms with Crippen molar-refractivity contribution in [2.75, 3.05) is 26.3 Å². The lowest BCUT2D eigenvalue weighted by Crippen LogP contribution is -2.34. The zero-order valence-corrected chi connectivity index (χ0v) is 21.5. The third kappa shape index (κ3) is 25.2. The first-order valence-electron chi connectivity index (χ1n) is 13.8. The molecule has 2 amide bonds. The molecule has 0 aliphatic heterocycles. The molecule has 0 aromatic carbocycles. The van der Waals surface area contributed by atoms with Crippen molar-refractivity contribution in [2.24, 2.45) is 0 Å². The summed E-state index contributed by atoms with van der Waals surface area (Å²) in [7, 11) is 0. The van der Waals surface area contributed by atoms with Gasteiger partial charge < -0.3 is 15.4 Å². The molecular weight excluding hydrogens is 400 g/mol. The first kappa shape index (κ1) is 30.9. The van der Waals surface area contributed by atoms with Crippen LogP contribution in [-0.2, 0) is 14.3 Å². The molecule has 0 radical (unpaired) electrons. The molecule has 2 N–H and O–H groups in total. The number of hydrogen-bond acceptors (Lipinski definition) is 3. The van der Waals surface area contributed by atoms with Crippen LogP contribution in [0.5, 0.6) is 0 Å². The minimum absolute atomic E-state index is 0.0949. The van der Waals surface area contributed by atoms with Crippen LogP contribution in [0.4, 0.5) is 0 Å². The number of amides is 2. The van der Waals surface area contributed by atoms with Gasteiger partial charge in [0.05, 0.1) is 0 Å². The number of ether oxygens (including phenoxy) is 1. The van der Waals surface area contributed by atoms with Crippen LogP contribution in [-0.4, -0.2) is 38.1 Å². The fourth-order valence-corrected chi connectivity index (χ4v) is 3.75. The van der Waals surface area contributed by atoms with Gasteiger partial charge >= 0.3 is 0 Å². The molecule has 0 spiro atoms. The van der Waals surface area contributed by atoms with Gasteiger partial charge in [-0.15, -0.1) is 0 Å². The molecule has 0 unspecified atom stereocenters. The maximum atomic E-state index is 11.9. The summed E-state index contributed by atoms with van der Waals surface area (Å²) in [5, 5.41) is 5.80.